The predicted molar refractivity (Wildman–Crippen MR) is 81.3 cm³/mol. The van der Waals surface area contributed by atoms with Crippen molar-refractivity contribution in [3.63, 3.8) is 0 Å². The molecule has 8 nitrogen and oxygen atoms in total. The van der Waals surface area contributed by atoms with Gasteiger partial charge in [0.05, 0.1) is 39.3 Å². The molecule has 0 atom stereocenters. The van der Waals surface area contributed by atoms with E-state index >= 15 is 0 Å². The fourth-order valence-corrected chi connectivity index (χ4v) is 1.57. The van der Waals surface area contributed by atoms with E-state index in [1.54, 1.807) is 27.8 Å². The minimum Gasteiger partial charge on any atom is -0.444 e. The van der Waals surface area contributed by atoms with Gasteiger partial charge in [-0.1, -0.05) is 0 Å². The minimum atomic E-state index is -3.42. The topological polar surface area (TPSA) is 91.4 Å². The number of carbonyl (C=O) groups excluding carboxylic acids is 1. The van der Waals surface area contributed by atoms with E-state index in [-0.39, 0.29) is 13.2 Å². The molecule has 0 saturated carbocycles. The van der Waals surface area contributed by atoms with Crippen LogP contribution in [-0.2, 0) is 28.5 Å². The van der Waals surface area contributed by atoms with Crippen LogP contribution in [0.1, 0.15) is 20.8 Å². The Balaban J connectivity index is 3.52. The number of hydrogen-bond donors (Lipinski definition) is 0. The largest absolute Gasteiger partial charge is 0.444 e. The third kappa shape index (κ3) is 14.1. The average molecular weight is 341 g/mol. The normalized spacial score (nSPS) is 12.2. The lowest BCUT2D eigenvalue weighted by molar-refractivity contribution is 0.0136. The summed E-state index contributed by atoms with van der Waals surface area (Å²) in [4.78, 5) is 13.1. The number of rotatable bonds is 10. The van der Waals surface area contributed by atoms with Crippen molar-refractivity contribution in [2.75, 3.05) is 52.9 Å². The summed E-state index contributed by atoms with van der Waals surface area (Å²) in [5, 5.41) is 0. The summed E-state index contributed by atoms with van der Waals surface area (Å²) in [6, 6.07) is 0. The molecule has 0 fully saturated rings. The van der Waals surface area contributed by atoms with E-state index in [0.717, 1.165) is 6.26 Å². The van der Waals surface area contributed by atoms with Crippen LogP contribution >= 0.6 is 0 Å². The van der Waals surface area contributed by atoms with Gasteiger partial charge in [-0.3, -0.25) is 4.18 Å². The second-order valence-electron chi connectivity index (χ2n) is 5.65. The monoisotopic (exact) mass is 341 g/mol. The standard InChI is InChI=1S/C13H27NO7S/c1-13(2,3)21-12(15)14(4)6-7-18-8-9-19-10-11-20-22(5,16)17/h6-11H2,1-5H3. The Morgan fingerprint density at radius 1 is 1.00 bits per heavy atom. The third-order valence-corrected chi connectivity index (χ3v) is 2.77. The van der Waals surface area contributed by atoms with Gasteiger partial charge in [-0.15, -0.1) is 0 Å². The summed E-state index contributed by atoms with van der Waals surface area (Å²) in [5.41, 5.74) is -0.520. The molecule has 0 aliphatic rings. The summed E-state index contributed by atoms with van der Waals surface area (Å²) in [5.74, 6) is 0. The van der Waals surface area contributed by atoms with Crippen LogP contribution in [0.3, 0.4) is 0 Å². The Morgan fingerprint density at radius 2 is 1.50 bits per heavy atom. The van der Waals surface area contributed by atoms with Gasteiger partial charge in [-0.05, 0) is 20.8 Å². The lowest BCUT2D eigenvalue weighted by atomic mass is 10.2. The van der Waals surface area contributed by atoms with Gasteiger partial charge in [0.25, 0.3) is 10.1 Å². The second kappa shape index (κ2) is 9.98. The van der Waals surface area contributed by atoms with Gasteiger partial charge in [0.1, 0.15) is 5.60 Å². The SMILES string of the molecule is CN(CCOCCOCCOS(C)(=O)=O)C(=O)OC(C)(C)C. The van der Waals surface area contributed by atoms with Crippen molar-refractivity contribution in [3.05, 3.63) is 0 Å². The molecule has 1 amide bonds. The van der Waals surface area contributed by atoms with Crippen LogP contribution in [0.5, 0.6) is 0 Å². The summed E-state index contributed by atoms with van der Waals surface area (Å²) >= 11 is 0. The van der Waals surface area contributed by atoms with E-state index in [1.165, 1.54) is 4.90 Å². The molecular formula is C13H27NO7S. The number of likely N-dealkylation sites (N-methyl/N-ethyl adjacent to an activating group) is 1. The maximum absolute atomic E-state index is 11.6. The highest BCUT2D eigenvalue weighted by Crippen LogP contribution is 2.08. The van der Waals surface area contributed by atoms with Gasteiger partial charge < -0.3 is 19.1 Å². The molecule has 0 saturated heterocycles. The van der Waals surface area contributed by atoms with E-state index in [2.05, 4.69) is 4.18 Å². The fraction of sp³-hybridized carbons (Fsp3) is 0.923. The zero-order valence-corrected chi connectivity index (χ0v) is 14.8. The van der Waals surface area contributed by atoms with Crippen LogP contribution in [0.2, 0.25) is 0 Å². The third-order valence-electron chi connectivity index (χ3n) is 2.17. The molecule has 0 bridgehead atoms. The molecule has 0 unspecified atom stereocenters. The van der Waals surface area contributed by atoms with E-state index < -0.39 is 21.8 Å². The first-order valence-electron chi connectivity index (χ1n) is 6.95. The molecule has 0 aliphatic heterocycles. The van der Waals surface area contributed by atoms with Gasteiger partial charge >= 0.3 is 6.09 Å². The van der Waals surface area contributed by atoms with Gasteiger partial charge in [0, 0.05) is 13.6 Å². The minimum absolute atomic E-state index is 0.0137. The molecule has 0 N–H and O–H groups in total. The Labute approximate surface area is 132 Å². The number of hydrogen-bond acceptors (Lipinski definition) is 7. The molecular weight excluding hydrogens is 314 g/mol. The first-order chi connectivity index (χ1) is 10.0. The van der Waals surface area contributed by atoms with Gasteiger partial charge in [0.2, 0.25) is 0 Å². The quantitative estimate of drug-likeness (QED) is 0.430. The zero-order valence-electron chi connectivity index (χ0n) is 14.0. The van der Waals surface area contributed by atoms with E-state index in [0.29, 0.717) is 26.4 Å². The van der Waals surface area contributed by atoms with Crippen molar-refractivity contribution in [1.29, 1.82) is 0 Å². The fourth-order valence-electron chi connectivity index (χ4n) is 1.20. The maximum Gasteiger partial charge on any atom is 0.410 e. The lowest BCUT2D eigenvalue weighted by Gasteiger charge is -2.24. The zero-order chi connectivity index (χ0) is 17.2. The molecule has 0 heterocycles. The van der Waals surface area contributed by atoms with Gasteiger partial charge in [-0.2, -0.15) is 8.42 Å². The summed E-state index contributed by atoms with van der Waals surface area (Å²) in [6.07, 6.45) is 0.586. The number of carbonyl (C=O) groups is 1. The average Bonchev–Trinajstić information content (AvgIpc) is 2.33. The Hall–Kier alpha value is -0.900. The first-order valence-corrected chi connectivity index (χ1v) is 8.77. The highest BCUT2D eigenvalue weighted by atomic mass is 32.2. The van der Waals surface area contributed by atoms with Crippen molar-refractivity contribution >= 4 is 16.2 Å². The maximum atomic E-state index is 11.6. The molecule has 9 heteroatoms. The molecule has 0 aromatic rings. The number of ether oxygens (including phenoxy) is 3. The van der Waals surface area contributed by atoms with Crippen molar-refractivity contribution < 1.29 is 31.6 Å². The van der Waals surface area contributed by atoms with Crippen molar-refractivity contribution in [3.8, 4) is 0 Å². The number of amides is 1. The summed E-state index contributed by atoms with van der Waals surface area (Å²) in [7, 11) is -1.78. The van der Waals surface area contributed by atoms with Gasteiger partial charge in [-0.25, -0.2) is 4.79 Å². The highest BCUT2D eigenvalue weighted by molar-refractivity contribution is 7.85. The molecule has 0 spiro atoms. The summed E-state index contributed by atoms with van der Waals surface area (Å²) < 4.78 is 41.5. The Kier molecular flexibility index (Phi) is 9.58. The van der Waals surface area contributed by atoms with Crippen LogP contribution < -0.4 is 0 Å². The molecule has 0 rings (SSSR count). The molecule has 22 heavy (non-hydrogen) atoms. The molecule has 0 radical (unpaired) electrons. The van der Waals surface area contributed by atoms with Crippen LogP contribution in [-0.4, -0.2) is 77.9 Å². The van der Waals surface area contributed by atoms with Crippen LogP contribution in [0, 0.1) is 0 Å². The van der Waals surface area contributed by atoms with Crippen LogP contribution in [0.15, 0.2) is 0 Å². The molecule has 132 valence electrons. The number of nitrogens with zero attached hydrogens (tertiary/aromatic N) is 1. The van der Waals surface area contributed by atoms with Crippen LogP contribution in [0.4, 0.5) is 4.79 Å². The molecule has 0 aromatic heterocycles. The lowest BCUT2D eigenvalue weighted by Crippen LogP contribution is -2.36. The first kappa shape index (κ1) is 21.1. The molecule has 0 aliphatic carbocycles. The van der Waals surface area contributed by atoms with Crippen molar-refractivity contribution in [2.24, 2.45) is 0 Å². The second-order valence-corrected chi connectivity index (χ2v) is 7.30. The Morgan fingerprint density at radius 3 is 2.00 bits per heavy atom. The Bertz CT molecular complexity index is 417. The van der Waals surface area contributed by atoms with Crippen molar-refractivity contribution in [1.82, 2.24) is 4.90 Å². The van der Waals surface area contributed by atoms with E-state index in [4.69, 9.17) is 14.2 Å². The van der Waals surface area contributed by atoms with E-state index in [9.17, 15) is 13.2 Å². The van der Waals surface area contributed by atoms with Crippen molar-refractivity contribution in [2.45, 2.75) is 26.4 Å². The van der Waals surface area contributed by atoms with E-state index in [1.807, 2.05) is 0 Å². The smallest absolute Gasteiger partial charge is 0.410 e. The predicted octanol–water partition coefficient (Wildman–Crippen LogP) is 0.863. The van der Waals surface area contributed by atoms with Crippen LogP contribution in [0.25, 0.3) is 0 Å². The molecule has 0 aromatic carbocycles. The highest BCUT2D eigenvalue weighted by Gasteiger charge is 2.19. The summed E-state index contributed by atoms with van der Waals surface area (Å²) in [6.45, 7) is 7.02. The van der Waals surface area contributed by atoms with Gasteiger partial charge in [0.15, 0.2) is 0 Å².